The van der Waals surface area contributed by atoms with E-state index in [1.54, 1.807) is 13.2 Å². The summed E-state index contributed by atoms with van der Waals surface area (Å²) < 4.78 is 10.6. The van der Waals surface area contributed by atoms with E-state index in [-0.39, 0.29) is 12.5 Å². The van der Waals surface area contributed by atoms with Gasteiger partial charge >= 0.3 is 0 Å². The molecule has 0 aliphatic carbocycles. The van der Waals surface area contributed by atoms with Gasteiger partial charge in [0.15, 0.2) is 5.13 Å². The molecule has 0 saturated carbocycles. The van der Waals surface area contributed by atoms with E-state index in [1.807, 2.05) is 53.9 Å². The molecule has 1 aromatic heterocycles. The topological polar surface area (TPSA) is 80.7 Å². The molecule has 6 nitrogen and oxygen atoms in total. The fraction of sp³-hybridized carbons (Fsp3) is 0.182. The summed E-state index contributed by atoms with van der Waals surface area (Å²) in [6.07, 6.45) is 3.79. The standard InChI is InChI=1S/C22H22N2O4S/c1-27-18-10-6-17(7-11-18)20-15-29-22(23-20)24-21(26)12-5-16-3-8-19(9-4-16)28-14-2-13-25/h3-12,15,25H,2,13-14H2,1H3,(H,23,24,26). The van der Waals surface area contributed by atoms with Crippen molar-refractivity contribution >= 4 is 28.5 Å². The highest BCUT2D eigenvalue weighted by Gasteiger charge is 2.07. The van der Waals surface area contributed by atoms with Crippen LogP contribution in [-0.4, -0.2) is 36.3 Å². The highest BCUT2D eigenvalue weighted by atomic mass is 32.1. The molecule has 2 aromatic carbocycles. The summed E-state index contributed by atoms with van der Waals surface area (Å²) >= 11 is 1.37. The molecule has 0 fully saturated rings. The van der Waals surface area contributed by atoms with Gasteiger partial charge in [0.05, 0.1) is 19.4 Å². The Morgan fingerprint density at radius 1 is 1.14 bits per heavy atom. The lowest BCUT2D eigenvalue weighted by molar-refractivity contribution is -0.111. The minimum atomic E-state index is -0.246. The lowest BCUT2D eigenvalue weighted by atomic mass is 10.2. The Kier molecular flexibility index (Phi) is 7.38. The molecular weight excluding hydrogens is 388 g/mol. The molecule has 3 aromatic rings. The summed E-state index contributed by atoms with van der Waals surface area (Å²) in [5.74, 6) is 1.27. The fourth-order valence-electron chi connectivity index (χ4n) is 2.47. The first-order valence-electron chi connectivity index (χ1n) is 9.10. The maximum absolute atomic E-state index is 12.2. The molecule has 0 radical (unpaired) electrons. The van der Waals surface area contributed by atoms with E-state index in [4.69, 9.17) is 14.6 Å². The Labute approximate surface area is 173 Å². The van der Waals surface area contributed by atoms with E-state index in [2.05, 4.69) is 10.3 Å². The summed E-state index contributed by atoms with van der Waals surface area (Å²) in [7, 11) is 1.63. The molecular formula is C22H22N2O4S. The zero-order chi connectivity index (χ0) is 20.5. The number of carbonyl (C=O) groups excluding carboxylic acids is 1. The fourth-order valence-corrected chi connectivity index (χ4v) is 3.20. The first kappa shape index (κ1) is 20.6. The van der Waals surface area contributed by atoms with Crippen molar-refractivity contribution in [2.24, 2.45) is 0 Å². The predicted molar refractivity (Wildman–Crippen MR) is 115 cm³/mol. The Morgan fingerprint density at radius 2 is 1.86 bits per heavy atom. The van der Waals surface area contributed by atoms with Gasteiger partial charge in [-0.15, -0.1) is 11.3 Å². The van der Waals surface area contributed by atoms with Crippen molar-refractivity contribution in [2.45, 2.75) is 6.42 Å². The van der Waals surface area contributed by atoms with Crippen LogP contribution in [0.5, 0.6) is 11.5 Å². The zero-order valence-electron chi connectivity index (χ0n) is 16.0. The number of aliphatic hydroxyl groups excluding tert-OH is 1. The highest BCUT2D eigenvalue weighted by Crippen LogP contribution is 2.26. The molecule has 3 rings (SSSR count). The van der Waals surface area contributed by atoms with Crippen molar-refractivity contribution in [2.75, 3.05) is 25.6 Å². The number of aromatic nitrogens is 1. The van der Waals surface area contributed by atoms with Gasteiger partial charge in [-0.3, -0.25) is 10.1 Å². The van der Waals surface area contributed by atoms with Crippen LogP contribution in [-0.2, 0) is 4.79 Å². The minimum Gasteiger partial charge on any atom is -0.497 e. The molecule has 0 aliphatic heterocycles. The molecule has 0 atom stereocenters. The van der Waals surface area contributed by atoms with Gasteiger partial charge in [0.2, 0.25) is 5.91 Å². The smallest absolute Gasteiger partial charge is 0.250 e. The molecule has 1 heterocycles. The third-order valence-corrected chi connectivity index (χ3v) is 4.76. The number of nitrogens with one attached hydrogen (secondary N) is 1. The van der Waals surface area contributed by atoms with E-state index in [1.165, 1.54) is 17.4 Å². The summed E-state index contributed by atoms with van der Waals surface area (Å²) in [5, 5.41) is 14.0. The molecule has 1 amide bonds. The van der Waals surface area contributed by atoms with Crippen molar-refractivity contribution in [3.8, 4) is 22.8 Å². The van der Waals surface area contributed by atoms with Gasteiger partial charge in [-0.25, -0.2) is 4.98 Å². The average molecular weight is 410 g/mol. The molecule has 2 N–H and O–H groups in total. The van der Waals surface area contributed by atoms with Crippen LogP contribution in [0.4, 0.5) is 5.13 Å². The molecule has 7 heteroatoms. The van der Waals surface area contributed by atoms with Gasteiger partial charge < -0.3 is 14.6 Å². The lowest BCUT2D eigenvalue weighted by Gasteiger charge is -2.04. The van der Waals surface area contributed by atoms with E-state index < -0.39 is 0 Å². The third-order valence-electron chi connectivity index (χ3n) is 4.00. The van der Waals surface area contributed by atoms with Crippen molar-refractivity contribution in [3.05, 3.63) is 65.6 Å². The third kappa shape index (κ3) is 6.17. The number of nitrogens with zero attached hydrogens (tertiary/aromatic N) is 1. The van der Waals surface area contributed by atoms with Gasteiger partial charge in [0, 0.05) is 30.0 Å². The normalized spacial score (nSPS) is 10.8. The van der Waals surface area contributed by atoms with Crippen molar-refractivity contribution < 1.29 is 19.4 Å². The Bertz CT molecular complexity index is 950. The van der Waals surface area contributed by atoms with Gasteiger partial charge in [0.25, 0.3) is 0 Å². The second-order valence-electron chi connectivity index (χ2n) is 6.08. The number of aliphatic hydroxyl groups is 1. The van der Waals surface area contributed by atoms with Crippen molar-refractivity contribution in [1.29, 1.82) is 0 Å². The zero-order valence-corrected chi connectivity index (χ0v) is 16.8. The molecule has 0 aliphatic rings. The second-order valence-corrected chi connectivity index (χ2v) is 6.94. The quantitative estimate of drug-likeness (QED) is 0.408. The number of amides is 1. The molecule has 29 heavy (non-hydrogen) atoms. The number of hydrogen-bond acceptors (Lipinski definition) is 6. The average Bonchev–Trinajstić information content (AvgIpc) is 3.22. The van der Waals surface area contributed by atoms with Crippen LogP contribution < -0.4 is 14.8 Å². The summed E-state index contributed by atoms with van der Waals surface area (Å²) in [4.78, 5) is 16.6. The first-order valence-corrected chi connectivity index (χ1v) is 9.98. The molecule has 0 spiro atoms. The maximum Gasteiger partial charge on any atom is 0.250 e. The van der Waals surface area contributed by atoms with Crippen LogP contribution in [0.25, 0.3) is 17.3 Å². The van der Waals surface area contributed by atoms with Crippen molar-refractivity contribution in [1.82, 2.24) is 4.98 Å². The molecule has 0 unspecified atom stereocenters. The lowest BCUT2D eigenvalue weighted by Crippen LogP contribution is -2.07. The number of ether oxygens (including phenoxy) is 2. The number of anilines is 1. The van der Waals surface area contributed by atoms with Crippen LogP contribution in [0.1, 0.15) is 12.0 Å². The van der Waals surface area contributed by atoms with Crippen LogP contribution in [0.2, 0.25) is 0 Å². The molecule has 150 valence electrons. The monoisotopic (exact) mass is 410 g/mol. The number of hydrogen-bond donors (Lipinski definition) is 2. The van der Waals surface area contributed by atoms with Crippen LogP contribution in [0, 0.1) is 0 Å². The van der Waals surface area contributed by atoms with E-state index in [0.29, 0.717) is 18.2 Å². The van der Waals surface area contributed by atoms with E-state index in [0.717, 1.165) is 28.3 Å². The minimum absolute atomic E-state index is 0.108. The number of benzene rings is 2. The number of rotatable bonds is 9. The summed E-state index contributed by atoms with van der Waals surface area (Å²) in [5.41, 5.74) is 2.64. The largest absolute Gasteiger partial charge is 0.497 e. The first-order chi connectivity index (χ1) is 14.2. The van der Waals surface area contributed by atoms with Crippen molar-refractivity contribution in [3.63, 3.8) is 0 Å². The SMILES string of the molecule is COc1ccc(-c2csc(NC(=O)C=Cc3ccc(OCCCO)cc3)n2)cc1. The molecule has 0 saturated heterocycles. The van der Waals surface area contributed by atoms with Gasteiger partial charge in [-0.1, -0.05) is 12.1 Å². The summed E-state index contributed by atoms with van der Waals surface area (Å²) in [6.45, 7) is 0.580. The Balaban J connectivity index is 1.54. The second kappa shape index (κ2) is 10.4. The van der Waals surface area contributed by atoms with Crippen LogP contribution in [0.3, 0.4) is 0 Å². The Hall–Kier alpha value is -3.16. The van der Waals surface area contributed by atoms with Gasteiger partial charge in [-0.2, -0.15) is 0 Å². The van der Waals surface area contributed by atoms with E-state index >= 15 is 0 Å². The number of methoxy groups -OCH3 is 1. The van der Waals surface area contributed by atoms with E-state index in [9.17, 15) is 4.79 Å². The van der Waals surface area contributed by atoms with Crippen LogP contribution >= 0.6 is 11.3 Å². The Morgan fingerprint density at radius 3 is 2.55 bits per heavy atom. The van der Waals surface area contributed by atoms with Gasteiger partial charge in [-0.05, 0) is 48.0 Å². The highest BCUT2D eigenvalue weighted by molar-refractivity contribution is 7.14. The summed E-state index contributed by atoms with van der Waals surface area (Å²) in [6, 6.07) is 15.0. The predicted octanol–water partition coefficient (Wildman–Crippen LogP) is 4.23. The van der Waals surface area contributed by atoms with Crippen LogP contribution in [0.15, 0.2) is 60.0 Å². The number of carbonyl (C=O) groups is 1. The van der Waals surface area contributed by atoms with Gasteiger partial charge in [0.1, 0.15) is 11.5 Å². The molecule has 0 bridgehead atoms. The maximum atomic E-state index is 12.2. The number of thiazole rings is 1.